The van der Waals surface area contributed by atoms with E-state index in [1.54, 1.807) is 25.1 Å². The minimum Gasteiger partial charge on any atom is -0.385 e. The number of methoxy groups -OCH3 is 1. The summed E-state index contributed by atoms with van der Waals surface area (Å²) in [6.45, 7) is 1.79. The molecule has 0 bridgehead atoms. The molecule has 0 spiro atoms. The third kappa shape index (κ3) is 6.15. The van der Waals surface area contributed by atoms with Crippen LogP contribution >= 0.6 is 0 Å². The van der Waals surface area contributed by atoms with Crippen molar-refractivity contribution in [1.29, 1.82) is 5.26 Å². The first-order chi connectivity index (χ1) is 18.4. The van der Waals surface area contributed by atoms with Gasteiger partial charge in [0.25, 0.3) is 5.91 Å². The molecule has 2 aliphatic heterocycles. The lowest BCUT2D eigenvalue weighted by molar-refractivity contribution is -0.140. The number of nitrogens with one attached hydrogen (secondary N) is 1. The van der Waals surface area contributed by atoms with Crippen LogP contribution in [0.5, 0.6) is 0 Å². The second-order valence-corrected chi connectivity index (χ2v) is 9.45. The Morgan fingerprint density at radius 2 is 2.18 bits per heavy atom. The van der Waals surface area contributed by atoms with E-state index in [-0.39, 0.29) is 18.1 Å². The number of hydrogen-bond acceptors (Lipinski definition) is 8. The molecule has 1 saturated heterocycles. The molecule has 0 aromatic carbocycles. The van der Waals surface area contributed by atoms with Crippen LogP contribution in [0, 0.1) is 11.3 Å². The highest BCUT2D eigenvalue weighted by atomic mass is 16.5. The molecule has 0 unspecified atom stereocenters. The summed E-state index contributed by atoms with van der Waals surface area (Å²) < 4.78 is 10.6. The number of aldehydes is 1. The van der Waals surface area contributed by atoms with Gasteiger partial charge in [-0.2, -0.15) is 5.26 Å². The molecule has 2 aliphatic rings. The van der Waals surface area contributed by atoms with E-state index in [0.29, 0.717) is 68.1 Å². The Hall–Kier alpha value is -3.88. The normalized spacial score (nSPS) is 16.4. The maximum Gasteiger partial charge on any atom is 0.328 e. The van der Waals surface area contributed by atoms with Crippen LogP contribution in [-0.2, 0) is 33.7 Å². The Bertz CT molecular complexity index is 1240. The number of anilines is 2. The number of ether oxygens (including phenoxy) is 2. The van der Waals surface area contributed by atoms with Gasteiger partial charge in [0.15, 0.2) is 6.29 Å². The molecule has 0 saturated carbocycles. The molecule has 3 amide bonds. The van der Waals surface area contributed by atoms with Gasteiger partial charge in [0, 0.05) is 52.2 Å². The zero-order valence-corrected chi connectivity index (χ0v) is 21.7. The van der Waals surface area contributed by atoms with Gasteiger partial charge in [-0.3, -0.25) is 19.8 Å². The molecule has 0 aliphatic carbocycles. The van der Waals surface area contributed by atoms with Crippen LogP contribution < -0.4 is 10.2 Å². The summed E-state index contributed by atoms with van der Waals surface area (Å²) in [5, 5.41) is 12.2. The van der Waals surface area contributed by atoms with E-state index < -0.39 is 12.1 Å². The van der Waals surface area contributed by atoms with Crippen molar-refractivity contribution in [1.82, 2.24) is 14.9 Å². The molecular formula is C27H32N6O5. The van der Waals surface area contributed by atoms with Crippen molar-refractivity contribution in [2.24, 2.45) is 0 Å². The molecule has 2 aromatic heterocycles. The summed E-state index contributed by atoms with van der Waals surface area (Å²) in [4.78, 5) is 49.7. The summed E-state index contributed by atoms with van der Waals surface area (Å²) in [6, 6.07) is 5.27. The van der Waals surface area contributed by atoms with Gasteiger partial charge in [-0.25, -0.2) is 14.8 Å². The van der Waals surface area contributed by atoms with Gasteiger partial charge in [0.05, 0.1) is 5.56 Å². The number of fused-ring (bicyclic) bond motifs is 1. The SMILES string of the molecule is COCCCc1cc(NC(=O)N2CCCc3cc(CN(C)C(=O)[C@@H]4CCCO4)c(C=O)nc32)ncc1C#N. The first kappa shape index (κ1) is 27.2. The number of rotatable bonds is 9. The lowest BCUT2D eigenvalue weighted by Gasteiger charge is -2.29. The number of aromatic nitrogens is 2. The van der Waals surface area contributed by atoms with Gasteiger partial charge in [-0.05, 0) is 61.8 Å². The fraction of sp³-hybridized carbons (Fsp3) is 0.481. The van der Waals surface area contributed by atoms with Crippen molar-refractivity contribution in [3.63, 3.8) is 0 Å². The molecule has 0 radical (unpaired) electrons. The lowest BCUT2D eigenvalue weighted by atomic mass is 10.0. The molecule has 4 heterocycles. The number of nitriles is 1. The van der Waals surface area contributed by atoms with Gasteiger partial charge < -0.3 is 14.4 Å². The van der Waals surface area contributed by atoms with Gasteiger partial charge in [0.1, 0.15) is 29.5 Å². The highest BCUT2D eigenvalue weighted by Crippen LogP contribution is 2.29. The van der Waals surface area contributed by atoms with E-state index in [1.807, 2.05) is 6.07 Å². The highest BCUT2D eigenvalue weighted by molar-refractivity contribution is 6.01. The zero-order chi connectivity index (χ0) is 27.1. The van der Waals surface area contributed by atoms with Gasteiger partial charge in [-0.1, -0.05) is 0 Å². The predicted octanol–water partition coefficient (Wildman–Crippen LogP) is 2.86. The lowest BCUT2D eigenvalue weighted by Crippen LogP contribution is -2.40. The Kier molecular flexibility index (Phi) is 8.99. The third-order valence-electron chi connectivity index (χ3n) is 6.76. The van der Waals surface area contributed by atoms with Gasteiger partial charge in [0.2, 0.25) is 0 Å². The van der Waals surface area contributed by atoms with Crippen LogP contribution in [0.25, 0.3) is 0 Å². The molecule has 4 rings (SSSR count). The fourth-order valence-electron chi connectivity index (χ4n) is 4.79. The van der Waals surface area contributed by atoms with Gasteiger partial charge in [-0.15, -0.1) is 0 Å². The van der Waals surface area contributed by atoms with Crippen LogP contribution in [-0.4, -0.2) is 73.1 Å². The van der Waals surface area contributed by atoms with Crippen molar-refractivity contribution in [2.45, 2.75) is 51.2 Å². The van der Waals surface area contributed by atoms with E-state index in [4.69, 9.17) is 9.47 Å². The second-order valence-electron chi connectivity index (χ2n) is 9.45. The Morgan fingerprint density at radius 1 is 1.34 bits per heavy atom. The molecule has 1 atom stereocenters. The number of pyridine rings is 2. The maximum atomic E-state index is 13.2. The smallest absolute Gasteiger partial charge is 0.328 e. The number of carbonyl (C=O) groups excluding carboxylic acids is 3. The fourth-order valence-corrected chi connectivity index (χ4v) is 4.79. The zero-order valence-electron chi connectivity index (χ0n) is 21.7. The maximum absolute atomic E-state index is 13.2. The Balaban J connectivity index is 1.51. The Labute approximate surface area is 221 Å². The van der Waals surface area contributed by atoms with E-state index in [9.17, 15) is 19.6 Å². The van der Waals surface area contributed by atoms with Crippen molar-refractivity contribution in [3.8, 4) is 6.07 Å². The van der Waals surface area contributed by atoms with Crippen LogP contribution in [0.15, 0.2) is 18.3 Å². The first-order valence-corrected chi connectivity index (χ1v) is 12.8. The monoisotopic (exact) mass is 520 g/mol. The van der Waals surface area contributed by atoms with E-state index >= 15 is 0 Å². The van der Waals surface area contributed by atoms with E-state index in [0.717, 1.165) is 30.4 Å². The molecule has 1 fully saturated rings. The summed E-state index contributed by atoms with van der Waals surface area (Å²) >= 11 is 0. The minimum absolute atomic E-state index is 0.116. The number of amides is 3. The standard InChI is InChI=1S/C27H32N6O5/c1-32(26(35)23-8-5-11-38-23)16-20-12-19-6-3-9-33(25(19)30-22(20)17-34)27(36)31-24-13-18(7-4-10-37-2)21(14-28)15-29-24/h12-13,15,17,23H,3-11,16H2,1-2H3,(H,29,31,36)/t23-/m0/s1. The van der Waals surface area contributed by atoms with E-state index in [2.05, 4.69) is 21.4 Å². The van der Waals surface area contributed by atoms with E-state index in [1.165, 1.54) is 11.1 Å². The van der Waals surface area contributed by atoms with Crippen LogP contribution in [0.3, 0.4) is 0 Å². The number of aryl methyl sites for hydroxylation is 2. The molecular weight excluding hydrogens is 488 g/mol. The first-order valence-electron chi connectivity index (χ1n) is 12.8. The topological polar surface area (TPSA) is 138 Å². The number of urea groups is 1. The van der Waals surface area contributed by atoms with Crippen LogP contribution in [0.2, 0.25) is 0 Å². The average Bonchev–Trinajstić information content (AvgIpc) is 3.47. The van der Waals surface area contributed by atoms with Crippen molar-refractivity contribution in [2.75, 3.05) is 44.1 Å². The Morgan fingerprint density at radius 3 is 2.89 bits per heavy atom. The summed E-state index contributed by atoms with van der Waals surface area (Å²) in [6.07, 6.45) is 5.97. The van der Waals surface area contributed by atoms with Crippen molar-refractivity contribution in [3.05, 3.63) is 46.3 Å². The summed E-state index contributed by atoms with van der Waals surface area (Å²) in [5.74, 6) is 0.631. The quantitative estimate of drug-likeness (QED) is 0.394. The largest absolute Gasteiger partial charge is 0.385 e. The van der Waals surface area contributed by atoms with Crippen LogP contribution in [0.4, 0.5) is 16.4 Å². The number of likely N-dealkylation sites (N-methyl/N-ethyl adjacent to an activating group) is 1. The second kappa shape index (κ2) is 12.6. The highest BCUT2D eigenvalue weighted by Gasteiger charge is 2.29. The molecule has 11 heteroatoms. The van der Waals surface area contributed by atoms with Gasteiger partial charge >= 0.3 is 6.03 Å². The molecule has 1 N–H and O–H groups in total. The molecule has 38 heavy (non-hydrogen) atoms. The molecule has 200 valence electrons. The summed E-state index contributed by atoms with van der Waals surface area (Å²) in [7, 11) is 3.31. The third-order valence-corrected chi connectivity index (χ3v) is 6.76. The van der Waals surface area contributed by atoms with Crippen molar-refractivity contribution >= 4 is 29.9 Å². The van der Waals surface area contributed by atoms with Crippen LogP contribution in [0.1, 0.15) is 58.4 Å². The summed E-state index contributed by atoms with van der Waals surface area (Å²) in [5.41, 5.74) is 2.88. The molecule has 11 nitrogen and oxygen atoms in total. The molecule has 2 aromatic rings. The average molecular weight is 521 g/mol. The number of hydrogen-bond donors (Lipinski definition) is 1. The van der Waals surface area contributed by atoms with Crippen molar-refractivity contribution < 1.29 is 23.9 Å². The minimum atomic E-state index is -0.444. The number of carbonyl (C=O) groups is 3. The number of nitrogens with zero attached hydrogens (tertiary/aromatic N) is 5. The predicted molar refractivity (Wildman–Crippen MR) is 139 cm³/mol.